The third-order valence-electron chi connectivity index (χ3n) is 6.92. The van der Waals surface area contributed by atoms with Crippen LogP contribution in [-0.4, -0.2) is 64.6 Å². The largest absolute Gasteiger partial charge is 0.493 e. The standard InChI is InChI=1S/C26H33N3O5S/c30-26(18-20-5-8-25-21(17-20)9-14-34-25)27-23-19-22(35(31,32)29-12-15-33-16-13-29)6-7-24(23)28-10-3-1-2-4-11-28/h5-8,17,19H,1-4,9-16,18H2,(H,27,30). The maximum atomic E-state index is 13.3. The molecule has 2 fully saturated rings. The van der Waals surface area contributed by atoms with Crippen LogP contribution in [0.3, 0.4) is 0 Å². The van der Waals surface area contributed by atoms with Crippen LogP contribution in [0.1, 0.15) is 36.8 Å². The number of hydrogen-bond acceptors (Lipinski definition) is 6. The summed E-state index contributed by atoms with van der Waals surface area (Å²) in [6, 6.07) is 11.0. The summed E-state index contributed by atoms with van der Waals surface area (Å²) in [5, 5.41) is 3.04. The van der Waals surface area contributed by atoms with Gasteiger partial charge in [0.15, 0.2) is 0 Å². The van der Waals surface area contributed by atoms with Gasteiger partial charge in [0.2, 0.25) is 15.9 Å². The second-order valence-electron chi connectivity index (χ2n) is 9.36. The first kappa shape index (κ1) is 24.1. The summed E-state index contributed by atoms with van der Waals surface area (Å²) in [6.45, 7) is 3.90. The Kier molecular flexibility index (Phi) is 7.27. The first-order valence-corrected chi connectivity index (χ1v) is 14.0. The smallest absolute Gasteiger partial charge is 0.243 e. The van der Waals surface area contributed by atoms with Crippen LogP contribution in [0.5, 0.6) is 5.75 Å². The summed E-state index contributed by atoms with van der Waals surface area (Å²) in [5.74, 6) is 0.722. The van der Waals surface area contributed by atoms with Crippen molar-refractivity contribution in [3.05, 3.63) is 47.5 Å². The zero-order valence-electron chi connectivity index (χ0n) is 20.0. The number of carbonyl (C=O) groups excluding carboxylic acids is 1. The van der Waals surface area contributed by atoms with Gasteiger partial charge in [0.1, 0.15) is 5.75 Å². The zero-order chi connectivity index (χ0) is 24.3. The maximum Gasteiger partial charge on any atom is 0.243 e. The summed E-state index contributed by atoms with van der Waals surface area (Å²) in [4.78, 5) is 15.6. The van der Waals surface area contributed by atoms with Crippen LogP contribution in [-0.2, 0) is 32.4 Å². The van der Waals surface area contributed by atoms with Crippen LogP contribution < -0.4 is 15.0 Å². The number of morpholine rings is 1. The molecule has 0 bridgehead atoms. The Balaban J connectivity index is 1.41. The number of hydrogen-bond donors (Lipinski definition) is 1. The van der Waals surface area contributed by atoms with E-state index in [9.17, 15) is 13.2 Å². The van der Waals surface area contributed by atoms with Gasteiger partial charge in [-0.3, -0.25) is 4.79 Å². The summed E-state index contributed by atoms with van der Waals surface area (Å²) < 4.78 is 38.9. The van der Waals surface area contributed by atoms with Crippen molar-refractivity contribution in [3.8, 4) is 5.75 Å². The predicted octanol–water partition coefficient (Wildman–Crippen LogP) is 3.20. The summed E-state index contributed by atoms with van der Waals surface area (Å²) in [6.07, 6.45) is 5.60. The number of rotatable bonds is 6. The molecule has 2 aromatic rings. The van der Waals surface area contributed by atoms with E-state index in [1.54, 1.807) is 12.1 Å². The summed E-state index contributed by atoms with van der Waals surface area (Å²) in [5.41, 5.74) is 3.47. The van der Waals surface area contributed by atoms with Gasteiger partial charge in [-0.1, -0.05) is 25.0 Å². The van der Waals surface area contributed by atoms with Crippen molar-refractivity contribution >= 4 is 27.3 Å². The maximum absolute atomic E-state index is 13.3. The fourth-order valence-electron chi connectivity index (χ4n) is 5.03. The molecule has 9 heteroatoms. The van der Waals surface area contributed by atoms with Gasteiger partial charge in [0.05, 0.1) is 42.5 Å². The molecule has 1 amide bonds. The van der Waals surface area contributed by atoms with E-state index in [4.69, 9.17) is 9.47 Å². The molecule has 0 unspecified atom stereocenters. The molecule has 1 N–H and O–H groups in total. The Morgan fingerprint density at radius 3 is 2.46 bits per heavy atom. The number of ether oxygens (including phenoxy) is 2. The number of nitrogens with zero attached hydrogens (tertiary/aromatic N) is 2. The molecule has 0 radical (unpaired) electrons. The molecule has 3 aliphatic rings. The summed E-state index contributed by atoms with van der Waals surface area (Å²) >= 11 is 0. The van der Waals surface area contributed by atoms with Crippen LogP contribution in [0.25, 0.3) is 0 Å². The minimum Gasteiger partial charge on any atom is -0.493 e. The van der Waals surface area contributed by atoms with Crippen LogP contribution in [0.15, 0.2) is 41.3 Å². The molecule has 0 saturated carbocycles. The average molecular weight is 500 g/mol. The van der Waals surface area contributed by atoms with Crippen LogP contribution >= 0.6 is 0 Å². The van der Waals surface area contributed by atoms with Crippen molar-refractivity contribution in [2.45, 2.75) is 43.4 Å². The van der Waals surface area contributed by atoms with Gasteiger partial charge in [0.25, 0.3) is 0 Å². The predicted molar refractivity (Wildman–Crippen MR) is 135 cm³/mol. The molecule has 3 heterocycles. The highest BCUT2D eigenvalue weighted by atomic mass is 32.2. The van der Waals surface area contributed by atoms with Crippen molar-refractivity contribution in [1.82, 2.24) is 4.31 Å². The topological polar surface area (TPSA) is 88.2 Å². The molecule has 0 aliphatic carbocycles. The molecular formula is C26H33N3O5S. The molecule has 5 rings (SSSR count). The van der Waals surface area contributed by atoms with E-state index in [2.05, 4.69) is 10.2 Å². The Labute approximate surface area is 207 Å². The minimum absolute atomic E-state index is 0.166. The van der Waals surface area contributed by atoms with E-state index in [0.29, 0.717) is 38.6 Å². The number of benzene rings is 2. The average Bonchev–Trinajstić information content (AvgIpc) is 3.16. The van der Waals surface area contributed by atoms with Gasteiger partial charge >= 0.3 is 0 Å². The number of fused-ring (bicyclic) bond motifs is 1. The number of sulfonamides is 1. The van der Waals surface area contributed by atoms with Crippen LogP contribution in [0.4, 0.5) is 11.4 Å². The molecule has 3 aliphatic heterocycles. The van der Waals surface area contributed by atoms with Gasteiger partial charge in [0, 0.05) is 32.6 Å². The number of carbonyl (C=O) groups is 1. The molecule has 35 heavy (non-hydrogen) atoms. The van der Waals surface area contributed by atoms with Gasteiger partial charge in [-0.05, 0) is 48.2 Å². The third-order valence-corrected chi connectivity index (χ3v) is 8.81. The quantitative estimate of drug-likeness (QED) is 0.657. The molecular weight excluding hydrogens is 466 g/mol. The normalized spacial score (nSPS) is 19.0. The summed E-state index contributed by atoms with van der Waals surface area (Å²) in [7, 11) is -3.67. The Bertz CT molecular complexity index is 1170. The van der Waals surface area contributed by atoms with Crippen molar-refractivity contribution in [1.29, 1.82) is 0 Å². The second-order valence-corrected chi connectivity index (χ2v) is 11.3. The van der Waals surface area contributed by atoms with Gasteiger partial charge in [-0.25, -0.2) is 8.42 Å². The molecule has 2 saturated heterocycles. The van der Waals surface area contributed by atoms with E-state index < -0.39 is 10.0 Å². The Hall–Kier alpha value is -2.62. The molecule has 188 valence electrons. The Morgan fingerprint density at radius 1 is 0.914 bits per heavy atom. The fraction of sp³-hybridized carbons (Fsp3) is 0.500. The van der Waals surface area contributed by atoms with Gasteiger partial charge in [-0.15, -0.1) is 0 Å². The highest BCUT2D eigenvalue weighted by molar-refractivity contribution is 7.89. The lowest BCUT2D eigenvalue weighted by Gasteiger charge is -2.28. The van der Waals surface area contributed by atoms with Crippen LogP contribution in [0.2, 0.25) is 0 Å². The van der Waals surface area contributed by atoms with E-state index in [0.717, 1.165) is 54.9 Å². The molecule has 2 aromatic carbocycles. The van der Waals surface area contributed by atoms with E-state index >= 15 is 0 Å². The lowest BCUT2D eigenvalue weighted by Crippen LogP contribution is -2.40. The third kappa shape index (κ3) is 5.47. The van der Waals surface area contributed by atoms with Gasteiger partial charge < -0.3 is 19.7 Å². The van der Waals surface area contributed by atoms with Crippen molar-refractivity contribution in [2.24, 2.45) is 0 Å². The van der Waals surface area contributed by atoms with E-state index in [1.165, 1.54) is 17.1 Å². The molecule has 8 nitrogen and oxygen atoms in total. The highest BCUT2D eigenvalue weighted by Gasteiger charge is 2.28. The number of nitrogens with one attached hydrogen (secondary N) is 1. The van der Waals surface area contributed by atoms with Crippen molar-refractivity contribution in [3.63, 3.8) is 0 Å². The molecule has 0 spiro atoms. The first-order valence-electron chi connectivity index (χ1n) is 12.5. The first-order chi connectivity index (χ1) is 17.0. The monoisotopic (exact) mass is 499 g/mol. The van der Waals surface area contributed by atoms with E-state index in [-0.39, 0.29) is 17.2 Å². The minimum atomic E-state index is -3.67. The molecule has 0 atom stereocenters. The lowest BCUT2D eigenvalue weighted by atomic mass is 10.1. The van der Waals surface area contributed by atoms with Gasteiger partial charge in [-0.2, -0.15) is 4.31 Å². The Morgan fingerprint density at radius 2 is 1.69 bits per heavy atom. The zero-order valence-corrected chi connectivity index (χ0v) is 20.8. The van der Waals surface area contributed by atoms with Crippen LogP contribution in [0, 0.1) is 0 Å². The number of amides is 1. The van der Waals surface area contributed by atoms with E-state index in [1.807, 2.05) is 24.3 Å². The lowest BCUT2D eigenvalue weighted by molar-refractivity contribution is -0.115. The van der Waals surface area contributed by atoms with Crippen molar-refractivity contribution in [2.75, 3.05) is 56.2 Å². The molecule has 0 aromatic heterocycles. The SMILES string of the molecule is O=C(Cc1ccc2c(c1)CCO2)Nc1cc(S(=O)(=O)N2CCOCC2)ccc1N1CCCCCC1. The fourth-order valence-corrected chi connectivity index (χ4v) is 6.46. The van der Waals surface area contributed by atoms with Crippen molar-refractivity contribution < 1.29 is 22.7 Å². The highest BCUT2D eigenvalue weighted by Crippen LogP contribution is 2.32. The number of anilines is 2. The second kappa shape index (κ2) is 10.6.